The molecule has 180 valence electrons. The summed E-state index contributed by atoms with van der Waals surface area (Å²) in [5.74, 6) is 1.08. The van der Waals surface area contributed by atoms with Gasteiger partial charge in [0.1, 0.15) is 18.1 Å². The average Bonchev–Trinajstić information content (AvgIpc) is 2.83. The van der Waals surface area contributed by atoms with Crippen molar-refractivity contribution in [3.63, 3.8) is 0 Å². The molecule has 5 nitrogen and oxygen atoms in total. The summed E-state index contributed by atoms with van der Waals surface area (Å²) in [7, 11) is 1.58. The van der Waals surface area contributed by atoms with Gasteiger partial charge in [-0.15, -0.1) is 0 Å². The maximum atomic E-state index is 6.73. The fourth-order valence-electron chi connectivity index (χ4n) is 4.10. The number of nitrogens with zero attached hydrogens (tertiary/aromatic N) is 3. The molecule has 0 aliphatic rings. The van der Waals surface area contributed by atoms with Crippen LogP contribution in [0.25, 0.3) is 22.5 Å². The van der Waals surface area contributed by atoms with Gasteiger partial charge in [-0.05, 0) is 42.0 Å². The maximum Gasteiger partial charge on any atom is 0.240 e. The molecule has 0 saturated carbocycles. The first-order valence-electron chi connectivity index (χ1n) is 11.5. The lowest BCUT2D eigenvalue weighted by atomic mass is 9.85. The summed E-state index contributed by atoms with van der Waals surface area (Å²) in [6.45, 7) is 10.9. The summed E-state index contributed by atoms with van der Waals surface area (Å²) in [5, 5.41) is 0.726. The maximum absolute atomic E-state index is 6.73. The summed E-state index contributed by atoms with van der Waals surface area (Å²) in [6, 6.07) is 16.2. The minimum Gasteiger partial charge on any atom is -0.488 e. The largest absolute Gasteiger partial charge is 0.488 e. The molecule has 0 amide bonds. The molecule has 4 aromatic rings. The van der Waals surface area contributed by atoms with Gasteiger partial charge in [0.05, 0.1) is 24.1 Å². The van der Waals surface area contributed by atoms with Gasteiger partial charge in [0, 0.05) is 29.0 Å². The minimum absolute atomic E-state index is 0.0555. The SMILES string of the molecule is COc1nccnc1-c1c(OCc2ccccc2)cc(-c2cc(Cl)c(C(C)(C)C)cc2C)nc1C. The second-order valence-electron chi connectivity index (χ2n) is 9.55. The van der Waals surface area contributed by atoms with E-state index < -0.39 is 0 Å². The van der Waals surface area contributed by atoms with E-state index in [2.05, 4.69) is 43.7 Å². The molecule has 0 spiro atoms. The number of rotatable bonds is 6. The van der Waals surface area contributed by atoms with E-state index >= 15 is 0 Å². The molecule has 35 heavy (non-hydrogen) atoms. The van der Waals surface area contributed by atoms with Crippen molar-refractivity contribution in [2.24, 2.45) is 0 Å². The highest BCUT2D eigenvalue weighted by molar-refractivity contribution is 6.31. The normalized spacial score (nSPS) is 11.4. The van der Waals surface area contributed by atoms with Gasteiger partial charge in [0.25, 0.3) is 0 Å². The highest BCUT2D eigenvalue weighted by Gasteiger charge is 2.23. The van der Waals surface area contributed by atoms with Gasteiger partial charge in [0.2, 0.25) is 5.88 Å². The number of benzene rings is 2. The van der Waals surface area contributed by atoms with Crippen LogP contribution in [-0.2, 0) is 12.0 Å². The Hall–Kier alpha value is -3.44. The molecule has 2 aromatic carbocycles. The zero-order valence-electron chi connectivity index (χ0n) is 21.0. The summed E-state index contributed by atoms with van der Waals surface area (Å²) >= 11 is 6.73. The Labute approximate surface area is 212 Å². The third kappa shape index (κ3) is 5.30. The van der Waals surface area contributed by atoms with Gasteiger partial charge >= 0.3 is 0 Å². The zero-order chi connectivity index (χ0) is 25.2. The van der Waals surface area contributed by atoms with Crippen molar-refractivity contribution in [1.82, 2.24) is 15.0 Å². The van der Waals surface area contributed by atoms with Crippen LogP contribution < -0.4 is 9.47 Å². The van der Waals surface area contributed by atoms with Crippen LogP contribution in [0.2, 0.25) is 5.02 Å². The highest BCUT2D eigenvalue weighted by atomic mass is 35.5. The molecule has 0 N–H and O–H groups in total. The first-order valence-corrected chi connectivity index (χ1v) is 11.9. The Kier molecular flexibility index (Phi) is 7.08. The summed E-state index contributed by atoms with van der Waals surface area (Å²) in [6.07, 6.45) is 3.24. The fraction of sp³-hybridized carbons (Fsp3) is 0.276. The standard InChI is InChI=1S/C29H30ClN3O2/c1-18-14-22(29(3,4)5)23(30)15-21(18)24-16-25(35-17-20-10-8-7-9-11-20)26(19(2)33-24)27-28(34-6)32-13-12-31-27/h7-16H,17H2,1-6H3. The fourth-order valence-corrected chi connectivity index (χ4v) is 4.54. The number of methoxy groups -OCH3 is 1. The Morgan fingerprint density at radius 3 is 2.34 bits per heavy atom. The third-order valence-corrected chi connectivity index (χ3v) is 6.21. The van der Waals surface area contributed by atoms with Gasteiger partial charge in [-0.3, -0.25) is 4.98 Å². The second kappa shape index (κ2) is 10.0. The lowest BCUT2D eigenvalue weighted by molar-refractivity contribution is 0.306. The number of ether oxygens (including phenoxy) is 2. The smallest absolute Gasteiger partial charge is 0.240 e. The number of aryl methyl sites for hydroxylation is 2. The molecule has 6 heteroatoms. The van der Waals surface area contributed by atoms with Gasteiger partial charge in [0.15, 0.2) is 0 Å². The predicted molar refractivity (Wildman–Crippen MR) is 141 cm³/mol. The lowest BCUT2D eigenvalue weighted by Crippen LogP contribution is -2.12. The van der Waals surface area contributed by atoms with E-state index in [1.54, 1.807) is 19.5 Å². The van der Waals surface area contributed by atoms with E-state index in [1.165, 1.54) is 0 Å². The van der Waals surface area contributed by atoms with E-state index in [-0.39, 0.29) is 5.41 Å². The Morgan fingerprint density at radius 1 is 0.943 bits per heavy atom. The van der Waals surface area contributed by atoms with Crippen LogP contribution in [-0.4, -0.2) is 22.1 Å². The molecular weight excluding hydrogens is 458 g/mol. The van der Waals surface area contributed by atoms with Crippen LogP contribution in [0.4, 0.5) is 0 Å². The van der Waals surface area contributed by atoms with Crippen molar-refractivity contribution in [1.29, 1.82) is 0 Å². The Balaban J connectivity index is 1.87. The molecule has 0 atom stereocenters. The molecule has 0 radical (unpaired) electrons. The number of hydrogen-bond donors (Lipinski definition) is 0. The second-order valence-corrected chi connectivity index (χ2v) is 9.96. The van der Waals surface area contributed by atoms with Crippen LogP contribution in [0.5, 0.6) is 11.6 Å². The molecule has 0 unspecified atom stereocenters. The molecular formula is C29H30ClN3O2. The van der Waals surface area contributed by atoms with E-state index in [4.69, 9.17) is 26.1 Å². The van der Waals surface area contributed by atoms with Gasteiger partial charge in [-0.1, -0.05) is 68.8 Å². The van der Waals surface area contributed by atoms with Gasteiger partial charge < -0.3 is 9.47 Å². The molecule has 0 saturated heterocycles. The van der Waals surface area contributed by atoms with Crippen molar-refractivity contribution >= 4 is 11.6 Å². The first-order chi connectivity index (χ1) is 16.7. The Bertz CT molecular complexity index is 1350. The summed E-state index contributed by atoms with van der Waals surface area (Å²) < 4.78 is 11.9. The number of halogens is 1. The average molecular weight is 488 g/mol. The topological polar surface area (TPSA) is 57.1 Å². The Morgan fingerprint density at radius 2 is 1.66 bits per heavy atom. The van der Waals surface area contributed by atoms with Gasteiger partial charge in [-0.2, -0.15) is 0 Å². The number of aromatic nitrogens is 3. The zero-order valence-corrected chi connectivity index (χ0v) is 21.8. The third-order valence-electron chi connectivity index (χ3n) is 5.89. The first kappa shape index (κ1) is 24.7. The molecule has 2 heterocycles. The van der Waals surface area contributed by atoms with Gasteiger partial charge in [-0.25, -0.2) is 9.97 Å². The molecule has 0 aliphatic carbocycles. The summed E-state index contributed by atoms with van der Waals surface area (Å²) in [5.41, 5.74) is 7.08. The van der Waals surface area contributed by atoms with Crippen molar-refractivity contribution < 1.29 is 9.47 Å². The number of pyridine rings is 1. The van der Waals surface area contributed by atoms with E-state index in [9.17, 15) is 0 Å². The van der Waals surface area contributed by atoms with Crippen LogP contribution >= 0.6 is 11.6 Å². The molecule has 4 rings (SSSR count). The van der Waals surface area contributed by atoms with E-state index in [0.717, 1.165) is 44.2 Å². The minimum atomic E-state index is -0.0555. The van der Waals surface area contributed by atoms with Crippen LogP contribution in [0.15, 0.2) is 60.9 Å². The van der Waals surface area contributed by atoms with Crippen LogP contribution in [0, 0.1) is 13.8 Å². The van der Waals surface area contributed by atoms with Crippen LogP contribution in [0.3, 0.4) is 0 Å². The summed E-state index contributed by atoms with van der Waals surface area (Å²) in [4.78, 5) is 13.8. The highest BCUT2D eigenvalue weighted by Crippen LogP contribution is 2.40. The molecule has 0 fully saturated rings. The lowest BCUT2D eigenvalue weighted by Gasteiger charge is -2.23. The quantitative estimate of drug-likeness (QED) is 0.284. The van der Waals surface area contributed by atoms with E-state index in [1.807, 2.05) is 49.4 Å². The predicted octanol–water partition coefficient (Wildman–Crippen LogP) is 7.36. The molecule has 0 bridgehead atoms. The number of hydrogen-bond acceptors (Lipinski definition) is 5. The van der Waals surface area contributed by atoms with Crippen molar-refractivity contribution in [3.8, 4) is 34.1 Å². The van der Waals surface area contributed by atoms with Crippen molar-refractivity contribution in [2.75, 3.05) is 7.11 Å². The molecule has 0 aliphatic heterocycles. The van der Waals surface area contributed by atoms with Crippen molar-refractivity contribution in [2.45, 2.75) is 46.6 Å². The van der Waals surface area contributed by atoms with Crippen LogP contribution in [0.1, 0.15) is 43.2 Å². The van der Waals surface area contributed by atoms with Crippen molar-refractivity contribution in [3.05, 3.63) is 88.3 Å². The monoisotopic (exact) mass is 487 g/mol. The molecule has 2 aromatic heterocycles. The van der Waals surface area contributed by atoms with E-state index in [0.29, 0.717) is 23.9 Å².